The van der Waals surface area contributed by atoms with E-state index in [-0.39, 0.29) is 10.8 Å². The summed E-state index contributed by atoms with van der Waals surface area (Å²) in [6.45, 7) is 2.10. The molecular formula is C24H26N2O6S. The first-order valence-corrected chi connectivity index (χ1v) is 11.6. The van der Waals surface area contributed by atoms with E-state index in [1.807, 2.05) is 30.3 Å². The van der Waals surface area contributed by atoms with Crippen LogP contribution in [-0.2, 0) is 16.6 Å². The van der Waals surface area contributed by atoms with E-state index in [0.717, 1.165) is 11.1 Å². The van der Waals surface area contributed by atoms with Crippen LogP contribution in [0.1, 0.15) is 34.5 Å². The first-order valence-electron chi connectivity index (χ1n) is 10.1. The molecule has 0 aliphatic carbocycles. The molecule has 0 heterocycles. The average Bonchev–Trinajstić information content (AvgIpc) is 2.82. The van der Waals surface area contributed by atoms with Crippen molar-refractivity contribution in [2.45, 2.75) is 24.5 Å². The van der Waals surface area contributed by atoms with Crippen molar-refractivity contribution in [3.63, 3.8) is 0 Å². The molecule has 174 valence electrons. The molecule has 0 spiro atoms. The van der Waals surface area contributed by atoms with Crippen LogP contribution in [0.4, 0.5) is 0 Å². The molecule has 1 atom stereocenters. The molecule has 3 N–H and O–H groups in total. The number of benzene rings is 3. The van der Waals surface area contributed by atoms with Crippen LogP contribution in [0.25, 0.3) is 0 Å². The number of methoxy groups -OCH3 is 2. The van der Waals surface area contributed by atoms with E-state index in [1.54, 1.807) is 31.2 Å². The molecule has 0 fully saturated rings. The Morgan fingerprint density at radius 1 is 0.970 bits per heavy atom. The number of nitrogens with two attached hydrogens (primary N) is 1. The van der Waals surface area contributed by atoms with Gasteiger partial charge in [-0.25, -0.2) is 13.6 Å². The topological polar surface area (TPSA) is 117 Å². The summed E-state index contributed by atoms with van der Waals surface area (Å²) in [5, 5.41) is 8.01. The van der Waals surface area contributed by atoms with Gasteiger partial charge in [-0.05, 0) is 42.3 Å². The van der Waals surface area contributed by atoms with Gasteiger partial charge in [0.1, 0.15) is 6.61 Å². The van der Waals surface area contributed by atoms with Crippen molar-refractivity contribution in [2.24, 2.45) is 5.14 Å². The minimum atomic E-state index is -3.78. The highest BCUT2D eigenvalue weighted by molar-refractivity contribution is 7.89. The number of carbonyl (C=O) groups excluding carboxylic acids is 1. The zero-order valence-electron chi connectivity index (χ0n) is 18.6. The lowest BCUT2D eigenvalue weighted by Crippen LogP contribution is -2.26. The maximum absolute atomic E-state index is 12.9. The third-order valence-corrected chi connectivity index (χ3v) is 5.93. The minimum Gasteiger partial charge on any atom is -0.493 e. The van der Waals surface area contributed by atoms with E-state index in [0.29, 0.717) is 29.4 Å². The van der Waals surface area contributed by atoms with Crippen LogP contribution in [0.15, 0.2) is 71.6 Å². The lowest BCUT2D eigenvalue weighted by molar-refractivity contribution is 0.0939. The molecule has 0 bridgehead atoms. The van der Waals surface area contributed by atoms with Crippen molar-refractivity contribution < 1.29 is 27.4 Å². The molecule has 1 amide bonds. The molecule has 0 saturated heterocycles. The number of ether oxygens (including phenoxy) is 3. The van der Waals surface area contributed by atoms with Crippen LogP contribution in [0.5, 0.6) is 17.2 Å². The quantitative estimate of drug-likeness (QED) is 0.495. The minimum absolute atomic E-state index is 0.00495. The number of nitrogens with one attached hydrogen (secondary N) is 1. The summed E-state index contributed by atoms with van der Waals surface area (Å²) in [6.07, 6.45) is 0. The molecule has 33 heavy (non-hydrogen) atoms. The Morgan fingerprint density at radius 3 is 2.06 bits per heavy atom. The lowest BCUT2D eigenvalue weighted by atomic mass is 10.1. The Kier molecular flexibility index (Phi) is 7.57. The Morgan fingerprint density at radius 2 is 1.55 bits per heavy atom. The standard InChI is InChI=1S/C24H26N2O6S/c1-16(18-9-11-20(12-10-18)33(25,28)29)26-24(27)19-13-21(30-2)23(22(14-19)31-3)32-15-17-7-5-4-6-8-17/h4-14,16H,15H2,1-3H3,(H,26,27)(H2,25,28,29). The summed E-state index contributed by atoms with van der Waals surface area (Å²) >= 11 is 0. The molecule has 0 saturated carbocycles. The fraction of sp³-hybridized carbons (Fsp3) is 0.208. The smallest absolute Gasteiger partial charge is 0.252 e. The number of hydrogen-bond acceptors (Lipinski definition) is 6. The molecule has 9 heteroatoms. The van der Waals surface area contributed by atoms with Crippen molar-refractivity contribution in [3.05, 3.63) is 83.4 Å². The van der Waals surface area contributed by atoms with E-state index in [9.17, 15) is 13.2 Å². The zero-order valence-corrected chi connectivity index (χ0v) is 19.4. The van der Waals surface area contributed by atoms with Gasteiger partial charge in [-0.1, -0.05) is 42.5 Å². The van der Waals surface area contributed by atoms with Crippen molar-refractivity contribution in [1.82, 2.24) is 5.32 Å². The van der Waals surface area contributed by atoms with Crippen LogP contribution in [-0.4, -0.2) is 28.5 Å². The van der Waals surface area contributed by atoms with Crippen LogP contribution in [0, 0.1) is 0 Å². The van der Waals surface area contributed by atoms with E-state index >= 15 is 0 Å². The molecule has 3 rings (SSSR count). The first-order chi connectivity index (χ1) is 15.7. The van der Waals surface area contributed by atoms with E-state index in [4.69, 9.17) is 19.3 Å². The number of rotatable bonds is 9. The number of primary sulfonamides is 1. The predicted molar refractivity (Wildman–Crippen MR) is 124 cm³/mol. The third-order valence-electron chi connectivity index (χ3n) is 5.01. The van der Waals surface area contributed by atoms with Crippen LogP contribution < -0.4 is 24.7 Å². The highest BCUT2D eigenvalue weighted by Crippen LogP contribution is 2.39. The molecule has 0 aromatic heterocycles. The Labute approximate surface area is 193 Å². The Bertz CT molecular complexity index is 1190. The van der Waals surface area contributed by atoms with Gasteiger partial charge in [0.15, 0.2) is 11.5 Å². The second-order valence-electron chi connectivity index (χ2n) is 7.29. The van der Waals surface area contributed by atoms with Gasteiger partial charge >= 0.3 is 0 Å². The number of hydrogen-bond donors (Lipinski definition) is 2. The van der Waals surface area contributed by atoms with Crippen molar-refractivity contribution in [2.75, 3.05) is 14.2 Å². The monoisotopic (exact) mass is 470 g/mol. The largest absolute Gasteiger partial charge is 0.493 e. The summed E-state index contributed by atoms with van der Waals surface area (Å²) in [6, 6.07) is 18.4. The maximum Gasteiger partial charge on any atom is 0.252 e. The van der Waals surface area contributed by atoms with Gasteiger partial charge in [-0.15, -0.1) is 0 Å². The van der Waals surface area contributed by atoms with E-state index in [1.165, 1.54) is 26.4 Å². The Balaban J connectivity index is 1.78. The van der Waals surface area contributed by atoms with Gasteiger partial charge in [0.2, 0.25) is 15.8 Å². The van der Waals surface area contributed by atoms with Gasteiger partial charge in [-0.2, -0.15) is 0 Å². The normalized spacial score (nSPS) is 12.0. The fourth-order valence-electron chi connectivity index (χ4n) is 3.19. The molecule has 8 nitrogen and oxygen atoms in total. The van der Waals surface area contributed by atoms with Crippen LogP contribution >= 0.6 is 0 Å². The fourth-order valence-corrected chi connectivity index (χ4v) is 3.71. The highest BCUT2D eigenvalue weighted by Gasteiger charge is 2.20. The summed E-state index contributed by atoms with van der Waals surface area (Å²) in [7, 11) is -0.805. The SMILES string of the molecule is COc1cc(C(=O)NC(C)c2ccc(S(N)(=O)=O)cc2)cc(OC)c1OCc1ccccc1. The van der Waals surface area contributed by atoms with Gasteiger partial charge in [0.25, 0.3) is 5.91 Å². The molecule has 0 radical (unpaired) electrons. The van der Waals surface area contributed by atoms with Gasteiger partial charge < -0.3 is 19.5 Å². The Hall–Kier alpha value is -3.56. The van der Waals surface area contributed by atoms with Crippen LogP contribution in [0.2, 0.25) is 0 Å². The molecular weight excluding hydrogens is 444 g/mol. The van der Waals surface area contributed by atoms with Crippen molar-refractivity contribution >= 4 is 15.9 Å². The van der Waals surface area contributed by atoms with Crippen molar-refractivity contribution in [1.29, 1.82) is 0 Å². The molecule has 0 aliphatic rings. The van der Waals surface area contributed by atoms with E-state index < -0.39 is 16.1 Å². The number of carbonyl (C=O) groups is 1. The molecule has 3 aromatic carbocycles. The summed E-state index contributed by atoms with van der Waals surface area (Å²) in [4.78, 5) is 12.9. The molecule has 1 unspecified atom stereocenters. The highest BCUT2D eigenvalue weighted by atomic mass is 32.2. The third kappa shape index (κ3) is 6.03. The summed E-state index contributed by atoms with van der Waals surface area (Å²) < 4.78 is 39.7. The van der Waals surface area contributed by atoms with E-state index in [2.05, 4.69) is 5.32 Å². The number of sulfonamides is 1. The number of amides is 1. The maximum atomic E-state index is 12.9. The van der Waals surface area contributed by atoms with Gasteiger partial charge in [-0.3, -0.25) is 4.79 Å². The lowest BCUT2D eigenvalue weighted by Gasteiger charge is -2.18. The van der Waals surface area contributed by atoms with Gasteiger partial charge in [0.05, 0.1) is 25.2 Å². The zero-order chi connectivity index (χ0) is 24.0. The summed E-state index contributed by atoms with van der Waals surface area (Å²) in [5.74, 6) is 0.762. The average molecular weight is 471 g/mol. The second-order valence-corrected chi connectivity index (χ2v) is 8.85. The first kappa shape index (κ1) is 24.1. The molecule has 3 aromatic rings. The van der Waals surface area contributed by atoms with Crippen LogP contribution in [0.3, 0.4) is 0 Å². The predicted octanol–water partition coefficient (Wildman–Crippen LogP) is 3.42. The second kappa shape index (κ2) is 10.4. The summed E-state index contributed by atoms with van der Waals surface area (Å²) in [5.41, 5.74) is 2.02. The van der Waals surface area contributed by atoms with Crippen molar-refractivity contribution in [3.8, 4) is 17.2 Å². The molecule has 0 aliphatic heterocycles. The van der Waals surface area contributed by atoms with Gasteiger partial charge in [0, 0.05) is 5.56 Å².